The van der Waals surface area contributed by atoms with Crippen molar-refractivity contribution >= 4 is 18.0 Å². The van der Waals surface area contributed by atoms with Crippen LogP contribution in [0, 0.1) is 0 Å². The van der Waals surface area contributed by atoms with Crippen LogP contribution in [0.25, 0.3) is 6.08 Å². The van der Waals surface area contributed by atoms with Gasteiger partial charge in [0, 0.05) is 12.1 Å². The minimum absolute atomic E-state index is 0.0409. The first-order valence-corrected chi connectivity index (χ1v) is 7.73. The molecule has 0 aromatic heterocycles. The zero-order valence-corrected chi connectivity index (χ0v) is 13.9. The fourth-order valence-corrected chi connectivity index (χ4v) is 1.89. The minimum atomic E-state index is -4.75. The Labute approximate surface area is 143 Å². The minimum Gasteiger partial charge on any atom is -0.452 e. The Morgan fingerprint density at radius 3 is 2.28 bits per heavy atom. The molecule has 0 radical (unpaired) electrons. The summed E-state index contributed by atoms with van der Waals surface area (Å²) < 4.78 is 44.7. The number of alkyl halides is 3. The Morgan fingerprint density at radius 2 is 1.76 bits per heavy atom. The van der Waals surface area contributed by atoms with Crippen LogP contribution in [-0.4, -0.2) is 30.9 Å². The van der Waals surface area contributed by atoms with E-state index in [4.69, 9.17) is 4.74 Å². The summed E-state index contributed by atoms with van der Waals surface area (Å²) in [6.07, 6.45) is -0.743. The molecule has 0 aliphatic carbocycles. The molecule has 1 amide bonds. The lowest BCUT2D eigenvalue weighted by molar-refractivity contribution is -0.274. The Bertz CT molecular complexity index is 593. The number of halogens is 3. The number of ether oxygens (including phenoxy) is 2. The molecule has 0 heterocycles. The van der Waals surface area contributed by atoms with Gasteiger partial charge in [0.25, 0.3) is 5.91 Å². The largest absolute Gasteiger partial charge is 0.573 e. The number of hydrogen-bond acceptors (Lipinski definition) is 4. The lowest BCUT2D eigenvalue weighted by Crippen LogP contribution is -2.36. The van der Waals surface area contributed by atoms with E-state index < -0.39 is 18.9 Å². The number of carbonyl (C=O) groups is 2. The van der Waals surface area contributed by atoms with Crippen LogP contribution in [0.4, 0.5) is 13.2 Å². The fourth-order valence-electron chi connectivity index (χ4n) is 1.89. The third-order valence-electron chi connectivity index (χ3n) is 3.22. The molecule has 0 saturated heterocycles. The van der Waals surface area contributed by atoms with E-state index in [-0.39, 0.29) is 17.7 Å². The van der Waals surface area contributed by atoms with Crippen molar-refractivity contribution in [3.63, 3.8) is 0 Å². The van der Waals surface area contributed by atoms with Crippen LogP contribution in [0.5, 0.6) is 5.75 Å². The van der Waals surface area contributed by atoms with Gasteiger partial charge >= 0.3 is 12.3 Å². The maximum atomic E-state index is 12.0. The third-order valence-corrected chi connectivity index (χ3v) is 3.22. The molecule has 0 aliphatic rings. The fraction of sp³-hybridized carbons (Fsp3) is 0.412. The molecule has 1 aromatic carbocycles. The van der Waals surface area contributed by atoms with Gasteiger partial charge in [0.05, 0.1) is 0 Å². The number of hydrogen-bond donors (Lipinski definition) is 1. The van der Waals surface area contributed by atoms with Crippen molar-refractivity contribution < 1.29 is 32.2 Å². The number of amides is 1. The quantitative estimate of drug-likeness (QED) is 0.570. The van der Waals surface area contributed by atoms with Gasteiger partial charge in [-0.2, -0.15) is 0 Å². The molecule has 0 aliphatic heterocycles. The van der Waals surface area contributed by atoms with E-state index in [0.717, 1.165) is 31.1 Å². The van der Waals surface area contributed by atoms with Gasteiger partial charge in [0.2, 0.25) is 0 Å². The number of rotatable bonds is 8. The van der Waals surface area contributed by atoms with Gasteiger partial charge in [0.1, 0.15) is 5.75 Å². The van der Waals surface area contributed by atoms with Crippen LogP contribution < -0.4 is 10.1 Å². The standard InChI is InChI=1S/C17H20F3NO4/c1-3-13(4-2)21-15(22)11-24-16(23)10-7-12-5-8-14(9-6-12)25-17(18,19)20/h5-10,13H,3-4,11H2,1-2H3,(H,21,22)/b10-7+. The van der Waals surface area contributed by atoms with Gasteiger partial charge in [-0.1, -0.05) is 26.0 Å². The molecular formula is C17H20F3NO4. The molecule has 0 saturated carbocycles. The van der Waals surface area contributed by atoms with Gasteiger partial charge in [-0.25, -0.2) is 4.79 Å². The van der Waals surface area contributed by atoms with Crippen molar-refractivity contribution in [2.24, 2.45) is 0 Å². The maximum Gasteiger partial charge on any atom is 0.573 e. The van der Waals surface area contributed by atoms with Crippen molar-refractivity contribution in [3.8, 4) is 5.75 Å². The monoisotopic (exact) mass is 359 g/mol. The van der Waals surface area contributed by atoms with Crippen molar-refractivity contribution in [2.45, 2.75) is 39.1 Å². The first-order valence-electron chi connectivity index (χ1n) is 7.73. The molecule has 0 spiro atoms. The molecule has 0 bridgehead atoms. The number of benzene rings is 1. The Morgan fingerprint density at radius 1 is 1.16 bits per heavy atom. The summed E-state index contributed by atoms with van der Waals surface area (Å²) in [5.74, 6) is -1.47. The Hall–Kier alpha value is -2.51. The lowest BCUT2D eigenvalue weighted by atomic mass is 10.2. The molecule has 138 valence electrons. The van der Waals surface area contributed by atoms with E-state index in [1.807, 2.05) is 13.8 Å². The van der Waals surface area contributed by atoms with Gasteiger partial charge in [0.15, 0.2) is 6.61 Å². The van der Waals surface area contributed by atoms with E-state index in [1.165, 1.54) is 18.2 Å². The van der Waals surface area contributed by atoms with E-state index in [2.05, 4.69) is 10.1 Å². The summed E-state index contributed by atoms with van der Waals surface area (Å²) in [7, 11) is 0. The molecule has 1 rings (SSSR count). The zero-order chi connectivity index (χ0) is 18.9. The summed E-state index contributed by atoms with van der Waals surface area (Å²) in [6, 6.07) is 5.00. The van der Waals surface area contributed by atoms with E-state index in [0.29, 0.717) is 5.56 Å². The third kappa shape index (κ3) is 8.78. The number of esters is 1. The average molecular weight is 359 g/mol. The predicted octanol–water partition coefficient (Wildman–Crippen LogP) is 3.45. The van der Waals surface area contributed by atoms with Crippen molar-refractivity contribution in [3.05, 3.63) is 35.9 Å². The average Bonchev–Trinajstić information content (AvgIpc) is 2.55. The second kappa shape index (κ2) is 9.71. The van der Waals surface area contributed by atoms with Crippen LogP contribution in [0.15, 0.2) is 30.3 Å². The van der Waals surface area contributed by atoms with Crippen LogP contribution >= 0.6 is 0 Å². The zero-order valence-electron chi connectivity index (χ0n) is 13.9. The lowest BCUT2D eigenvalue weighted by Gasteiger charge is -2.14. The highest BCUT2D eigenvalue weighted by atomic mass is 19.4. The van der Waals surface area contributed by atoms with E-state index >= 15 is 0 Å². The Kier molecular flexibility index (Phi) is 7.97. The number of carbonyl (C=O) groups excluding carboxylic acids is 2. The van der Waals surface area contributed by atoms with Gasteiger partial charge in [-0.05, 0) is 36.6 Å². The van der Waals surface area contributed by atoms with Crippen LogP contribution in [0.1, 0.15) is 32.3 Å². The smallest absolute Gasteiger partial charge is 0.452 e. The normalized spacial score (nSPS) is 11.6. The SMILES string of the molecule is CCC(CC)NC(=O)COC(=O)/C=C/c1ccc(OC(F)(F)F)cc1. The first kappa shape index (κ1) is 20.5. The Balaban J connectivity index is 2.45. The molecular weight excluding hydrogens is 339 g/mol. The molecule has 25 heavy (non-hydrogen) atoms. The summed E-state index contributed by atoms with van der Waals surface area (Å²) in [6.45, 7) is 3.49. The van der Waals surface area contributed by atoms with Crippen LogP contribution in [0.2, 0.25) is 0 Å². The van der Waals surface area contributed by atoms with E-state index in [9.17, 15) is 22.8 Å². The van der Waals surface area contributed by atoms with Crippen molar-refractivity contribution in [2.75, 3.05) is 6.61 Å². The molecule has 1 N–H and O–H groups in total. The van der Waals surface area contributed by atoms with Gasteiger partial charge in [-0.15, -0.1) is 13.2 Å². The van der Waals surface area contributed by atoms with Crippen LogP contribution in [0.3, 0.4) is 0 Å². The molecule has 0 atom stereocenters. The second-order valence-electron chi connectivity index (χ2n) is 5.14. The maximum absolute atomic E-state index is 12.0. The first-order chi connectivity index (χ1) is 11.7. The highest BCUT2D eigenvalue weighted by Gasteiger charge is 2.30. The summed E-state index contributed by atoms with van der Waals surface area (Å²) >= 11 is 0. The second-order valence-corrected chi connectivity index (χ2v) is 5.14. The topological polar surface area (TPSA) is 64.6 Å². The summed E-state index contributed by atoms with van der Waals surface area (Å²) in [4.78, 5) is 23.1. The van der Waals surface area contributed by atoms with Gasteiger partial charge < -0.3 is 14.8 Å². The molecule has 0 fully saturated rings. The summed E-state index contributed by atoms with van der Waals surface area (Å²) in [5, 5.41) is 2.72. The van der Waals surface area contributed by atoms with Gasteiger partial charge in [-0.3, -0.25) is 4.79 Å². The summed E-state index contributed by atoms with van der Waals surface area (Å²) in [5.41, 5.74) is 0.480. The highest BCUT2D eigenvalue weighted by molar-refractivity contribution is 5.89. The molecule has 0 unspecified atom stereocenters. The highest BCUT2D eigenvalue weighted by Crippen LogP contribution is 2.22. The van der Waals surface area contributed by atoms with Crippen molar-refractivity contribution in [1.29, 1.82) is 0 Å². The molecule has 1 aromatic rings. The predicted molar refractivity (Wildman–Crippen MR) is 85.6 cm³/mol. The van der Waals surface area contributed by atoms with Crippen molar-refractivity contribution in [1.82, 2.24) is 5.32 Å². The number of nitrogens with one attached hydrogen (secondary N) is 1. The molecule has 5 nitrogen and oxygen atoms in total. The molecule has 8 heteroatoms. The van der Waals surface area contributed by atoms with Crippen LogP contribution in [-0.2, 0) is 14.3 Å². The van der Waals surface area contributed by atoms with E-state index in [1.54, 1.807) is 0 Å².